The largest absolute Gasteiger partial charge is 0.484 e. The molecule has 0 bridgehead atoms. The van der Waals surface area contributed by atoms with Crippen molar-refractivity contribution in [2.45, 2.75) is 18.8 Å². The lowest BCUT2D eigenvalue weighted by molar-refractivity contribution is 0.228. The van der Waals surface area contributed by atoms with E-state index in [1.807, 2.05) is 4.72 Å². The first-order valence-electron chi connectivity index (χ1n) is 9.60. The number of nitrogens with two attached hydrogens (primary N) is 1. The zero-order valence-corrected chi connectivity index (χ0v) is 17.9. The molecular weight excluding hydrogens is 459 g/mol. The third kappa shape index (κ3) is 4.55. The van der Waals surface area contributed by atoms with Crippen LogP contribution in [0.3, 0.4) is 0 Å². The number of benzene rings is 2. The van der Waals surface area contributed by atoms with E-state index >= 15 is 0 Å². The first kappa shape index (κ1) is 22.4. The number of sulfonamides is 1. The summed E-state index contributed by atoms with van der Waals surface area (Å²) in [5.41, 5.74) is 7.97. The summed E-state index contributed by atoms with van der Waals surface area (Å²) in [6.07, 6.45) is 0.872. The third-order valence-electron chi connectivity index (χ3n) is 4.91. The second-order valence-electron chi connectivity index (χ2n) is 7.12. The van der Waals surface area contributed by atoms with Gasteiger partial charge in [-0.3, -0.25) is 9.82 Å². The van der Waals surface area contributed by atoms with Gasteiger partial charge >= 0.3 is 5.76 Å². The van der Waals surface area contributed by atoms with Crippen molar-refractivity contribution in [3.63, 3.8) is 0 Å². The lowest BCUT2D eigenvalue weighted by Crippen LogP contribution is -2.21. The van der Waals surface area contributed by atoms with Crippen LogP contribution in [0.2, 0.25) is 0 Å². The van der Waals surface area contributed by atoms with Crippen LogP contribution in [-0.2, 0) is 10.0 Å². The maximum atomic E-state index is 13.3. The summed E-state index contributed by atoms with van der Waals surface area (Å²) in [4.78, 5) is 4.16. The molecule has 0 radical (unpaired) electrons. The lowest BCUT2D eigenvalue weighted by Gasteiger charge is -2.20. The van der Waals surface area contributed by atoms with Crippen LogP contribution in [-0.4, -0.2) is 29.4 Å². The molecule has 8 nitrogen and oxygen atoms in total. The average molecular weight is 477 g/mol. The van der Waals surface area contributed by atoms with Gasteiger partial charge in [-0.25, -0.2) is 17.8 Å². The molecule has 2 aromatic carbocycles. The number of aromatic nitrogens is 3. The molecule has 0 saturated carbocycles. The minimum Gasteiger partial charge on any atom is -0.484 e. The van der Waals surface area contributed by atoms with E-state index in [1.165, 1.54) is 48.7 Å². The summed E-state index contributed by atoms with van der Waals surface area (Å²) in [5, 5.41) is 7.18. The molecule has 4 aromatic rings. The lowest BCUT2D eigenvalue weighted by atomic mass is 10.0. The zero-order valence-electron chi connectivity index (χ0n) is 17.1. The number of anilines is 2. The van der Waals surface area contributed by atoms with Crippen molar-refractivity contribution in [1.29, 1.82) is 0 Å². The molecular formula is C21H18F3N5O3S. The maximum Gasteiger partial charge on any atom is 0.355 e. The molecule has 2 heterocycles. The zero-order chi connectivity index (χ0) is 23.8. The van der Waals surface area contributed by atoms with E-state index in [0.29, 0.717) is 27.7 Å². The number of ether oxygens (including phenoxy) is 1. The number of rotatable bonds is 7. The van der Waals surface area contributed by atoms with Crippen LogP contribution >= 0.6 is 0 Å². The van der Waals surface area contributed by atoms with Crippen molar-refractivity contribution in [2.24, 2.45) is 0 Å². The smallest absolute Gasteiger partial charge is 0.355 e. The normalized spacial score (nSPS) is 12.8. The number of alkyl halides is 2. The Bertz CT molecular complexity index is 1410. The number of hydrogen-bond donors (Lipinski definition) is 3. The molecule has 0 fully saturated rings. The maximum absolute atomic E-state index is 13.3. The molecule has 2 aromatic heterocycles. The van der Waals surface area contributed by atoms with Crippen LogP contribution < -0.4 is 15.2 Å². The van der Waals surface area contributed by atoms with Gasteiger partial charge in [0.25, 0.3) is 10.0 Å². The number of fused-ring (bicyclic) bond motifs is 1. The fourth-order valence-electron chi connectivity index (χ4n) is 3.28. The molecule has 0 aliphatic heterocycles. The van der Waals surface area contributed by atoms with Gasteiger partial charge in [-0.1, -0.05) is 18.2 Å². The number of nitrogen functional groups attached to an aromatic ring is 1. The van der Waals surface area contributed by atoms with Gasteiger partial charge in [-0.15, -0.1) is 0 Å². The predicted molar refractivity (Wildman–Crippen MR) is 118 cm³/mol. The summed E-state index contributed by atoms with van der Waals surface area (Å²) in [5.74, 6) is -3.87. The number of nitrogens with zero attached hydrogens (tertiary/aromatic N) is 2. The Morgan fingerprint density at radius 1 is 1.12 bits per heavy atom. The Morgan fingerprint density at radius 2 is 1.85 bits per heavy atom. The fraction of sp³-hybridized carbons (Fsp3) is 0.143. The summed E-state index contributed by atoms with van der Waals surface area (Å²) < 4.78 is 70.5. The molecule has 4 N–H and O–H groups in total. The summed E-state index contributed by atoms with van der Waals surface area (Å²) in [7, 11) is -4.95. The second-order valence-corrected chi connectivity index (χ2v) is 8.77. The van der Waals surface area contributed by atoms with Crippen molar-refractivity contribution >= 4 is 32.6 Å². The Labute approximate surface area is 186 Å². The minimum atomic E-state index is -4.95. The Kier molecular flexibility index (Phi) is 5.85. The number of H-pyrrole nitrogens is 1. The van der Waals surface area contributed by atoms with Crippen molar-refractivity contribution in [1.82, 2.24) is 15.2 Å². The molecule has 0 amide bonds. The van der Waals surface area contributed by atoms with E-state index < -0.39 is 27.7 Å². The Balaban J connectivity index is 1.79. The summed E-state index contributed by atoms with van der Waals surface area (Å²) in [6, 6.07) is 11.5. The van der Waals surface area contributed by atoms with Crippen LogP contribution in [0, 0.1) is 5.82 Å². The standard InChI is InChI=1S/C21H18F3N5O3S/c1-11(12-2-5-14(22)6-3-12)32-17-10-13(4-7-16(17)29-33(30,31)21(23)24)15-8-9-26-20-18(15)19(25)27-28-20/h2-11,21,29H,1H3,(H3,25,26,27,28). The molecule has 172 valence electrons. The van der Waals surface area contributed by atoms with E-state index in [0.717, 1.165) is 0 Å². The number of aromatic amines is 1. The van der Waals surface area contributed by atoms with Crippen molar-refractivity contribution in [2.75, 3.05) is 10.5 Å². The van der Waals surface area contributed by atoms with Crippen molar-refractivity contribution < 1.29 is 26.3 Å². The van der Waals surface area contributed by atoms with Crippen LogP contribution in [0.25, 0.3) is 22.2 Å². The number of halogens is 3. The van der Waals surface area contributed by atoms with Crippen LogP contribution in [0.5, 0.6) is 5.75 Å². The first-order valence-corrected chi connectivity index (χ1v) is 11.1. The van der Waals surface area contributed by atoms with E-state index in [9.17, 15) is 21.6 Å². The molecule has 1 atom stereocenters. The summed E-state index contributed by atoms with van der Waals surface area (Å²) in [6.45, 7) is 1.66. The highest BCUT2D eigenvalue weighted by atomic mass is 32.2. The van der Waals surface area contributed by atoms with E-state index in [4.69, 9.17) is 10.5 Å². The molecule has 0 spiro atoms. The quantitative estimate of drug-likeness (QED) is 0.361. The summed E-state index contributed by atoms with van der Waals surface area (Å²) >= 11 is 0. The van der Waals surface area contributed by atoms with Gasteiger partial charge in [0.05, 0.1) is 11.1 Å². The number of hydrogen-bond acceptors (Lipinski definition) is 6. The highest BCUT2D eigenvalue weighted by Crippen LogP contribution is 2.37. The van der Waals surface area contributed by atoms with E-state index in [2.05, 4.69) is 15.2 Å². The van der Waals surface area contributed by atoms with Gasteiger partial charge in [-0.2, -0.15) is 13.9 Å². The molecule has 0 saturated heterocycles. The minimum absolute atomic E-state index is 0.0134. The highest BCUT2D eigenvalue weighted by molar-refractivity contribution is 7.93. The molecule has 12 heteroatoms. The number of nitrogens with one attached hydrogen (secondary N) is 2. The van der Waals surface area contributed by atoms with Gasteiger partial charge in [0.15, 0.2) is 11.5 Å². The third-order valence-corrected chi connectivity index (χ3v) is 5.89. The fourth-order valence-corrected chi connectivity index (χ4v) is 3.84. The second kappa shape index (κ2) is 8.62. The SMILES string of the molecule is CC(Oc1cc(-c2ccnc3[nH]nc(N)c23)ccc1NS(=O)(=O)C(F)F)c1ccc(F)cc1. The number of pyridine rings is 1. The monoisotopic (exact) mass is 477 g/mol. The van der Waals surface area contributed by atoms with Gasteiger partial charge < -0.3 is 10.5 Å². The molecule has 0 aliphatic rings. The molecule has 0 aliphatic carbocycles. The Morgan fingerprint density at radius 3 is 2.55 bits per heavy atom. The van der Waals surface area contributed by atoms with Gasteiger partial charge in [-0.05, 0) is 53.9 Å². The van der Waals surface area contributed by atoms with Crippen molar-refractivity contribution in [3.05, 3.63) is 66.1 Å². The van der Waals surface area contributed by atoms with Crippen LogP contribution in [0.1, 0.15) is 18.6 Å². The predicted octanol–water partition coefficient (Wildman–Crippen LogP) is 4.45. The topological polar surface area (TPSA) is 123 Å². The van der Waals surface area contributed by atoms with Crippen LogP contribution in [0.4, 0.5) is 24.7 Å². The van der Waals surface area contributed by atoms with Gasteiger partial charge in [0.1, 0.15) is 17.7 Å². The van der Waals surface area contributed by atoms with Gasteiger partial charge in [0, 0.05) is 6.20 Å². The highest BCUT2D eigenvalue weighted by Gasteiger charge is 2.26. The Hall–Kier alpha value is -3.80. The average Bonchev–Trinajstić information content (AvgIpc) is 3.16. The first-order chi connectivity index (χ1) is 15.7. The molecule has 33 heavy (non-hydrogen) atoms. The van der Waals surface area contributed by atoms with Crippen molar-refractivity contribution in [3.8, 4) is 16.9 Å². The van der Waals surface area contributed by atoms with Gasteiger partial charge in [0.2, 0.25) is 0 Å². The molecule has 1 unspecified atom stereocenters. The van der Waals surface area contributed by atoms with E-state index in [-0.39, 0.29) is 17.3 Å². The van der Waals surface area contributed by atoms with E-state index in [1.54, 1.807) is 13.0 Å². The molecule has 4 rings (SSSR count). The van der Waals surface area contributed by atoms with Crippen LogP contribution in [0.15, 0.2) is 54.7 Å².